The van der Waals surface area contributed by atoms with Crippen molar-refractivity contribution in [2.75, 3.05) is 32.7 Å². The van der Waals surface area contributed by atoms with Crippen LogP contribution < -0.4 is 10.6 Å². The molecular formula is C32H45N5O6S. The number of hydrogen-bond acceptors (Lipinski definition) is 8. The maximum atomic E-state index is 13.7. The van der Waals surface area contributed by atoms with Crippen LogP contribution in [0, 0.1) is 18.3 Å². The number of nitrogens with one attached hydrogen (secondary N) is 2. The van der Waals surface area contributed by atoms with Gasteiger partial charge in [0.25, 0.3) is 0 Å². The number of rotatable bonds is 12. The molecule has 1 aromatic carbocycles. The zero-order chi connectivity index (χ0) is 32.0. The number of carboxylic acids is 1. The summed E-state index contributed by atoms with van der Waals surface area (Å²) in [4.78, 5) is 59.6. The maximum absolute atomic E-state index is 13.7. The quantitative estimate of drug-likeness (QED) is 0.280. The Labute approximate surface area is 263 Å². The molecule has 4 N–H and O–H groups in total. The number of piperidine rings is 1. The Bertz CT molecular complexity index is 1320. The number of carboxylic acid groups (broad SMARTS) is 1. The summed E-state index contributed by atoms with van der Waals surface area (Å²) in [5.74, 6) is -1.47. The topological polar surface area (TPSA) is 152 Å². The third-order valence-electron chi connectivity index (χ3n) is 9.07. The Balaban J connectivity index is 1.26. The number of benzene rings is 1. The van der Waals surface area contributed by atoms with Crippen molar-refractivity contribution < 1.29 is 29.4 Å². The van der Waals surface area contributed by atoms with Gasteiger partial charge in [0.05, 0.1) is 34.1 Å². The predicted octanol–water partition coefficient (Wildman–Crippen LogP) is 2.46. The van der Waals surface area contributed by atoms with Gasteiger partial charge in [-0.15, -0.1) is 11.3 Å². The fourth-order valence-corrected chi connectivity index (χ4v) is 6.77. The van der Waals surface area contributed by atoms with Crippen LogP contribution in [0.15, 0.2) is 29.8 Å². The predicted molar refractivity (Wildman–Crippen MR) is 168 cm³/mol. The second-order valence-corrected chi connectivity index (χ2v) is 13.6. The number of aromatic nitrogens is 1. The molecule has 11 nitrogen and oxygen atoms in total. The summed E-state index contributed by atoms with van der Waals surface area (Å²) in [5, 5.41) is 25.3. The molecule has 44 heavy (non-hydrogen) atoms. The molecule has 0 saturated carbocycles. The van der Waals surface area contributed by atoms with Crippen molar-refractivity contribution in [3.8, 4) is 10.4 Å². The number of likely N-dealkylation sites (tertiary alicyclic amines) is 2. The van der Waals surface area contributed by atoms with Crippen LogP contribution in [0.3, 0.4) is 0 Å². The third kappa shape index (κ3) is 8.42. The number of aliphatic hydroxyl groups excluding tert-OH is 1. The molecule has 0 aliphatic carbocycles. The molecule has 2 saturated heterocycles. The Morgan fingerprint density at radius 2 is 1.82 bits per heavy atom. The second kappa shape index (κ2) is 14.6. The van der Waals surface area contributed by atoms with E-state index in [-0.39, 0.29) is 49.6 Å². The summed E-state index contributed by atoms with van der Waals surface area (Å²) in [6.07, 6.45) is 1.61. The first-order chi connectivity index (χ1) is 20.8. The molecule has 2 aromatic rings. The van der Waals surface area contributed by atoms with Gasteiger partial charge in [-0.2, -0.15) is 0 Å². The van der Waals surface area contributed by atoms with E-state index in [1.54, 1.807) is 32.1 Å². The summed E-state index contributed by atoms with van der Waals surface area (Å²) in [5.41, 5.74) is 3.99. The monoisotopic (exact) mass is 627 g/mol. The van der Waals surface area contributed by atoms with Crippen molar-refractivity contribution in [2.45, 2.75) is 78.0 Å². The van der Waals surface area contributed by atoms with E-state index in [4.69, 9.17) is 5.11 Å². The lowest BCUT2D eigenvalue weighted by molar-refractivity contribution is -0.147. The van der Waals surface area contributed by atoms with E-state index in [0.29, 0.717) is 26.1 Å². The number of thiazole rings is 1. The number of carbonyl (C=O) groups excluding carboxylic acids is 3. The standard InChI is InChI=1S/C32H45N5O6S/c1-20-29(44-19-34-20)24-7-5-22(6-8-24)9-12-33-30(42)26-16-25(38)17-37(26)31(43)32(3,4)21(2)35-27(39)18-36-13-10-23(11-14-36)15-28(40)41/h5-8,19,21,23,25-26,38H,9-18H2,1-4H3,(H,33,42)(H,35,39)(H,40,41)/t21-,25+,26-/m0/s1. The number of aliphatic carboxylic acids is 1. The molecule has 0 radical (unpaired) electrons. The minimum absolute atomic E-state index is 0.0603. The van der Waals surface area contributed by atoms with Gasteiger partial charge in [0.2, 0.25) is 17.7 Å². The highest BCUT2D eigenvalue weighted by Gasteiger charge is 2.46. The Hall–Kier alpha value is -3.35. The normalized spacial score (nSPS) is 20.3. The number of aryl methyl sites for hydroxylation is 1. The van der Waals surface area contributed by atoms with Gasteiger partial charge in [0, 0.05) is 32.0 Å². The average molecular weight is 628 g/mol. The largest absolute Gasteiger partial charge is 0.481 e. The first-order valence-corrected chi connectivity index (χ1v) is 16.2. The fourth-order valence-electron chi connectivity index (χ4n) is 5.96. The van der Waals surface area contributed by atoms with Gasteiger partial charge in [0.15, 0.2) is 0 Å². The summed E-state index contributed by atoms with van der Waals surface area (Å²) < 4.78 is 0. The molecule has 0 bridgehead atoms. The molecule has 3 atom stereocenters. The second-order valence-electron chi connectivity index (χ2n) is 12.7. The van der Waals surface area contributed by atoms with Crippen molar-refractivity contribution in [1.29, 1.82) is 0 Å². The highest BCUT2D eigenvalue weighted by atomic mass is 32.1. The average Bonchev–Trinajstić information content (AvgIpc) is 3.58. The van der Waals surface area contributed by atoms with Crippen LogP contribution in [0.5, 0.6) is 0 Å². The molecule has 2 aliphatic rings. The third-order valence-corrected chi connectivity index (χ3v) is 10.0. The number of nitrogens with zero attached hydrogens (tertiary/aromatic N) is 3. The van der Waals surface area contributed by atoms with Crippen molar-refractivity contribution in [3.05, 3.63) is 41.0 Å². The zero-order valence-corrected chi connectivity index (χ0v) is 26.9. The fraction of sp³-hybridized carbons (Fsp3) is 0.594. The molecule has 4 rings (SSSR count). The highest BCUT2D eigenvalue weighted by molar-refractivity contribution is 7.13. The van der Waals surface area contributed by atoms with Crippen LogP contribution in [-0.4, -0.2) is 99.6 Å². The summed E-state index contributed by atoms with van der Waals surface area (Å²) in [6, 6.07) is 6.87. The van der Waals surface area contributed by atoms with Crippen LogP contribution >= 0.6 is 11.3 Å². The number of aliphatic hydroxyl groups is 1. The van der Waals surface area contributed by atoms with Gasteiger partial charge < -0.3 is 25.7 Å². The van der Waals surface area contributed by atoms with Gasteiger partial charge >= 0.3 is 5.97 Å². The number of β-amino-alcohol motifs (C(OH)–C–C–N with tert-alkyl or cyclic N) is 1. The number of amides is 3. The van der Waals surface area contributed by atoms with Gasteiger partial charge in [-0.25, -0.2) is 4.98 Å². The summed E-state index contributed by atoms with van der Waals surface area (Å²) in [6.45, 7) is 9.20. The molecule has 3 amide bonds. The van der Waals surface area contributed by atoms with E-state index < -0.39 is 29.6 Å². The van der Waals surface area contributed by atoms with E-state index in [9.17, 15) is 24.3 Å². The summed E-state index contributed by atoms with van der Waals surface area (Å²) >= 11 is 1.60. The van der Waals surface area contributed by atoms with Crippen LogP contribution in [0.4, 0.5) is 0 Å². The van der Waals surface area contributed by atoms with Crippen molar-refractivity contribution in [1.82, 2.24) is 25.4 Å². The SMILES string of the molecule is Cc1ncsc1-c1ccc(CCNC(=O)[C@@H]2C[C@@H](O)CN2C(=O)C(C)(C)[C@H](C)NC(=O)CN2CCC(CC(=O)O)CC2)cc1. The molecule has 0 unspecified atom stereocenters. The van der Waals surface area contributed by atoms with Crippen LogP contribution in [0.1, 0.15) is 57.7 Å². The highest BCUT2D eigenvalue weighted by Crippen LogP contribution is 2.30. The molecule has 12 heteroatoms. The van der Waals surface area contributed by atoms with Crippen LogP contribution in [0.25, 0.3) is 10.4 Å². The Kier molecular flexibility index (Phi) is 11.1. The Morgan fingerprint density at radius 1 is 1.14 bits per heavy atom. The smallest absolute Gasteiger partial charge is 0.303 e. The minimum atomic E-state index is -1.02. The zero-order valence-electron chi connectivity index (χ0n) is 26.0. The molecule has 240 valence electrons. The van der Waals surface area contributed by atoms with E-state index in [0.717, 1.165) is 34.5 Å². The molecule has 1 aromatic heterocycles. The number of hydrogen-bond donors (Lipinski definition) is 4. The molecular weight excluding hydrogens is 582 g/mol. The minimum Gasteiger partial charge on any atom is -0.481 e. The van der Waals surface area contributed by atoms with E-state index in [2.05, 4.69) is 27.8 Å². The molecule has 2 fully saturated rings. The van der Waals surface area contributed by atoms with Crippen LogP contribution in [0.2, 0.25) is 0 Å². The van der Waals surface area contributed by atoms with Crippen molar-refractivity contribution in [3.63, 3.8) is 0 Å². The molecule has 0 spiro atoms. The van der Waals surface area contributed by atoms with Crippen LogP contribution in [-0.2, 0) is 25.6 Å². The van der Waals surface area contributed by atoms with Gasteiger partial charge in [-0.05, 0) is 77.1 Å². The van der Waals surface area contributed by atoms with E-state index >= 15 is 0 Å². The van der Waals surface area contributed by atoms with Gasteiger partial charge in [-0.1, -0.05) is 24.3 Å². The molecule has 3 heterocycles. The van der Waals surface area contributed by atoms with Crippen molar-refractivity contribution in [2.24, 2.45) is 11.3 Å². The maximum Gasteiger partial charge on any atom is 0.303 e. The van der Waals surface area contributed by atoms with Gasteiger partial charge in [0.1, 0.15) is 6.04 Å². The van der Waals surface area contributed by atoms with E-state index in [1.165, 1.54) is 4.90 Å². The summed E-state index contributed by atoms with van der Waals surface area (Å²) in [7, 11) is 0. The number of carbonyl (C=O) groups is 4. The first kappa shape index (κ1) is 33.5. The Morgan fingerprint density at radius 3 is 2.43 bits per heavy atom. The lowest BCUT2D eigenvalue weighted by atomic mass is 9.83. The molecule has 2 aliphatic heterocycles. The first-order valence-electron chi connectivity index (χ1n) is 15.3. The lowest BCUT2D eigenvalue weighted by Gasteiger charge is -2.37. The van der Waals surface area contributed by atoms with E-state index in [1.807, 2.05) is 29.5 Å². The lowest BCUT2D eigenvalue weighted by Crippen LogP contribution is -2.56. The van der Waals surface area contributed by atoms with Gasteiger partial charge in [-0.3, -0.25) is 24.1 Å². The van der Waals surface area contributed by atoms with Crippen molar-refractivity contribution >= 4 is 35.0 Å².